The van der Waals surface area contributed by atoms with Gasteiger partial charge in [-0.25, -0.2) is 0 Å². The molecule has 0 amide bonds. The van der Waals surface area contributed by atoms with Gasteiger partial charge in [-0.1, -0.05) is 0 Å². The largest absolute Gasteiger partial charge is 0.497 e. The van der Waals surface area contributed by atoms with Gasteiger partial charge in [0, 0.05) is 29.4 Å². The van der Waals surface area contributed by atoms with E-state index in [-0.39, 0.29) is 24.4 Å². The maximum absolute atomic E-state index is 12.2. The molecule has 0 spiro atoms. The van der Waals surface area contributed by atoms with Gasteiger partial charge in [0.1, 0.15) is 5.75 Å². The van der Waals surface area contributed by atoms with Crippen molar-refractivity contribution < 1.29 is 14.3 Å². The van der Waals surface area contributed by atoms with E-state index >= 15 is 0 Å². The third-order valence-electron chi connectivity index (χ3n) is 3.75. The molecule has 1 aromatic heterocycles. The molecule has 0 aliphatic carbocycles. The van der Waals surface area contributed by atoms with Gasteiger partial charge in [-0.05, 0) is 42.5 Å². The molecule has 23 heavy (non-hydrogen) atoms. The summed E-state index contributed by atoms with van der Waals surface area (Å²) in [5.41, 5.74) is 2.07. The van der Waals surface area contributed by atoms with Crippen LogP contribution in [-0.2, 0) is 0 Å². The van der Waals surface area contributed by atoms with E-state index in [1.807, 2.05) is 6.07 Å². The Labute approximate surface area is 133 Å². The lowest BCUT2D eigenvalue weighted by atomic mass is 10.0. The molecule has 0 atom stereocenters. The minimum absolute atomic E-state index is 0.0463. The third-order valence-corrected chi connectivity index (χ3v) is 3.75. The summed E-state index contributed by atoms with van der Waals surface area (Å²) in [4.78, 5) is 24.4. The Morgan fingerprint density at radius 1 is 1.00 bits per heavy atom. The minimum Gasteiger partial charge on any atom is -0.497 e. The summed E-state index contributed by atoms with van der Waals surface area (Å²) < 4.78 is 5.06. The number of hydrogen-bond acceptors (Lipinski definition) is 4. The monoisotopic (exact) mass is 308 g/mol. The van der Waals surface area contributed by atoms with Crippen LogP contribution in [0.25, 0.3) is 10.9 Å². The van der Waals surface area contributed by atoms with Crippen LogP contribution in [0.5, 0.6) is 5.75 Å². The average molecular weight is 308 g/mol. The number of carbonyl (C=O) groups is 2. The predicted octanol–water partition coefficient (Wildman–Crippen LogP) is 3.42. The Kier molecular flexibility index (Phi) is 4.19. The number of carbonyl (C=O) groups excluding carboxylic acids is 2. The Bertz CT molecular complexity index is 850. The van der Waals surface area contributed by atoms with Crippen LogP contribution in [0.4, 0.5) is 0 Å². The molecule has 0 unspecified atom stereocenters. The third kappa shape index (κ3) is 3.29. The number of aromatic nitrogens is 2. The van der Waals surface area contributed by atoms with Crippen LogP contribution in [0, 0.1) is 0 Å². The first kappa shape index (κ1) is 15.0. The van der Waals surface area contributed by atoms with E-state index in [1.54, 1.807) is 49.7 Å². The number of ether oxygens (including phenoxy) is 1. The highest BCUT2D eigenvalue weighted by atomic mass is 16.5. The van der Waals surface area contributed by atoms with Crippen LogP contribution in [-0.4, -0.2) is 28.9 Å². The number of hydrogen-bond donors (Lipinski definition) is 1. The summed E-state index contributed by atoms with van der Waals surface area (Å²) in [5.74, 6) is 0.603. The molecular weight excluding hydrogens is 292 g/mol. The van der Waals surface area contributed by atoms with E-state index in [1.165, 1.54) is 0 Å². The molecule has 0 aliphatic rings. The lowest BCUT2D eigenvalue weighted by Gasteiger charge is -2.03. The van der Waals surface area contributed by atoms with Crippen molar-refractivity contribution in [3.05, 3.63) is 59.8 Å². The van der Waals surface area contributed by atoms with Crippen molar-refractivity contribution in [1.82, 2.24) is 10.2 Å². The Hall–Kier alpha value is -2.95. The minimum atomic E-state index is -0.0506. The average Bonchev–Trinajstić information content (AvgIpc) is 3.07. The van der Waals surface area contributed by atoms with Crippen LogP contribution in [0.1, 0.15) is 33.6 Å². The maximum Gasteiger partial charge on any atom is 0.163 e. The second-order valence-corrected chi connectivity index (χ2v) is 5.25. The molecule has 3 aromatic rings. The van der Waals surface area contributed by atoms with Crippen LogP contribution < -0.4 is 4.74 Å². The molecule has 3 rings (SSSR count). The summed E-state index contributed by atoms with van der Waals surface area (Å²) in [5, 5.41) is 7.66. The summed E-state index contributed by atoms with van der Waals surface area (Å²) in [6.45, 7) is 0. The Morgan fingerprint density at radius 2 is 1.65 bits per heavy atom. The van der Waals surface area contributed by atoms with Crippen LogP contribution in [0.2, 0.25) is 0 Å². The van der Waals surface area contributed by atoms with Gasteiger partial charge in [-0.15, -0.1) is 0 Å². The molecule has 0 saturated carbocycles. The molecule has 0 fully saturated rings. The van der Waals surface area contributed by atoms with Gasteiger partial charge in [0.25, 0.3) is 0 Å². The zero-order valence-corrected chi connectivity index (χ0v) is 12.7. The van der Waals surface area contributed by atoms with E-state index in [0.717, 1.165) is 10.9 Å². The predicted molar refractivity (Wildman–Crippen MR) is 87.0 cm³/mol. The molecule has 0 aliphatic heterocycles. The fraction of sp³-hybridized carbons (Fsp3) is 0.167. The maximum atomic E-state index is 12.2. The van der Waals surface area contributed by atoms with E-state index in [4.69, 9.17) is 4.74 Å². The number of aromatic amines is 1. The molecule has 1 heterocycles. The van der Waals surface area contributed by atoms with Crippen LogP contribution in [0.15, 0.2) is 48.7 Å². The number of nitrogens with zero attached hydrogens (tertiary/aromatic N) is 1. The lowest BCUT2D eigenvalue weighted by Crippen LogP contribution is -2.05. The first-order valence-electron chi connectivity index (χ1n) is 7.31. The number of ketones is 2. The van der Waals surface area contributed by atoms with Gasteiger partial charge in [0.2, 0.25) is 0 Å². The number of benzene rings is 2. The smallest absolute Gasteiger partial charge is 0.163 e. The zero-order chi connectivity index (χ0) is 16.2. The molecule has 0 radical (unpaired) electrons. The highest BCUT2D eigenvalue weighted by Gasteiger charge is 2.12. The molecule has 2 aromatic carbocycles. The quantitative estimate of drug-likeness (QED) is 0.708. The Morgan fingerprint density at radius 3 is 2.35 bits per heavy atom. The van der Waals surface area contributed by atoms with Crippen molar-refractivity contribution in [1.29, 1.82) is 0 Å². The standard InChI is InChI=1S/C18H16N2O3/c1-23-15-5-2-12(3-6-15)17(21)8-9-18(22)13-4-7-16-14(10-13)11-19-20-16/h2-7,10-11H,8-9H2,1H3,(H,19,20). The Balaban J connectivity index is 1.64. The van der Waals surface area contributed by atoms with Crippen molar-refractivity contribution >= 4 is 22.5 Å². The van der Waals surface area contributed by atoms with Crippen molar-refractivity contribution in [2.45, 2.75) is 12.8 Å². The van der Waals surface area contributed by atoms with Gasteiger partial charge in [-0.3, -0.25) is 14.7 Å². The van der Waals surface area contributed by atoms with Crippen molar-refractivity contribution in [2.75, 3.05) is 7.11 Å². The molecule has 0 saturated heterocycles. The van der Waals surface area contributed by atoms with Gasteiger partial charge in [-0.2, -0.15) is 5.10 Å². The van der Waals surface area contributed by atoms with Crippen LogP contribution in [0.3, 0.4) is 0 Å². The fourth-order valence-electron chi connectivity index (χ4n) is 2.41. The topological polar surface area (TPSA) is 72.1 Å². The van der Waals surface area contributed by atoms with E-state index in [9.17, 15) is 9.59 Å². The van der Waals surface area contributed by atoms with Gasteiger partial charge in [0.05, 0.1) is 18.8 Å². The molecular formula is C18H16N2O3. The molecule has 0 bridgehead atoms. The molecule has 5 nitrogen and oxygen atoms in total. The summed E-state index contributed by atoms with van der Waals surface area (Å²) in [7, 11) is 1.58. The highest BCUT2D eigenvalue weighted by molar-refractivity contribution is 6.03. The number of rotatable bonds is 6. The van der Waals surface area contributed by atoms with E-state index in [2.05, 4.69) is 10.2 Å². The van der Waals surface area contributed by atoms with E-state index in [0.29, 0.717) is 16.9 Å². The van der Waals surface area contributed by atoms with Gasteiger partial charge >= 0.3 is 0 Å². The fourth-order valence-corrected chi connectivity index (χ4v) is 2.41. The van der Waals surface area contributed by atoms with E-state index < -0.39 is 0 Å². The SMILES string of the molecule is COc1ccc(C(=O)CCC(=O)c2ccc3[nH]ncc3c2)cc1. The number of methoxy groups -OCH3 is 1. The zero-order valence-electron chi connectivity index (χ0n) is 12.7. The highest BCUT2D eigenvalue weighted by Crippen LogP contribution is 2.17. The summed E-state index contributed by atoms with van der Waals surface area (Å²) in [6, 6.07) is 12.3. The first-order valence-corrected chi connectivity index (χ1v) is 7.31. The summed E-state index contributed by atoms with van der Waals surface area (Å²) >= 11 is 0. The van der Waals surface area contributed by atoms with Gasteiger partial charge in [0.15, 0.2) is 11.6 Å². The van der Waals surface area contributed by atoms with Crippen LogP contribution >= 0.6 is 0 Å². The molecule has 1 N–H and O–H groups in total. The normalized spacial score (nSPS) is 10.7. The number of fused-ring (bicyclic) bond motifs is 1. The first-order chi connectivity index (χ1) is 11.2. The summed E-state index contributed by atoms with van der Waals surface area (Å²) in [6.07, 6.45) is 2.05. The van der Waals surface area contributed by atoms with Crippen molar-refractivity contribution in [2.24, 2.45) is 0 Å². The number of Topliss-reactive ketones (excluding diaryl/α,β-unsaturated/α-hetero) is 2. The number of nitrogens with one attached hydrogen (secondary N) is 1. The van der Waals surface area contributed by atoms with Crippen molar-refractivity contribution in [3.63, 3.8) is 0 Å². The number of H-pyrrole nitrogens is 1. The lowest BCUT2D eigenvalue weighted by molar-refractivity contribution is 0.0917. The second-order valence-electron chi connectivity index (χ2n) is 5.25. The van der Waals surface area contributed by atoms with Crippen molar-refractivity contribution in [3.8, 4) is 5.75 Å². The van der Waals surface area contributed by atoms with Gasteiger partial charge < -0.3 is 4.74 Å². The molecule has 5 heteroatoms. The molecule has 116 valence electrons. The second kappa shape index (κ2) is 6.44.